The normalized spacial score (nSPS) is 23.2. The van der Waals surface area contributed by atoms with Crippen LogP contribution in [0.5, 0.6) is 0 Å². The van der Waals surface area contributed by atoms with Crippen LogP contribution in [0.4, 0.5) is 0 Å². The number of piperidine rings is 1. The molecule has 76 valence electrons. The summed E-state index contributed by atoms with van der Waals surface area (Å²) in [4.78, 5) is 2.25. The molecular weight excluding hydrogens is 200 g/mol. The van der Waals surface area contributed by atoms with Crippen molar-refractivity contribution >= 4 is 29.2 Å². The van der Waals surface area contributed by atoms with Crippen LogP contribution in [0.1, 0.15) is 32.1 Å². The Morgan fingerprint density at radius 2 is 2.31 bits per heavy atom. The van der Waals surface area contributed by atoms with E-state index in [4.69, 9.17) is 18.0 Å². The van der Waals surface area contributed by atoms with Gasteiger partial charge in [-0.05, 0) is 38.6 Å². The van der Waals surface area contributed by atoms with Crippen LogP contribution in [0.2, 0.25) is 0 Å². The first-order valence-corrected chi connectivity index (χ1v) is 5.81. The smallest absolute Gasteiger partial charge is 0.133 e. The van der Waals surface area contributed by atoms with Gasteiger partial charge in [0.1, 0.15) is 4.32 Å². The van der Waals surface area contributed by atoms with Gasteiger partial charge in [0, 0.05) is 12.6 Å². The van der Waals surface area contributed by atoms with Crippen molar-refractivity contribution in [2.75, 3.05) is 13.1 Å². The van der Waals surface area contributed by atoms with Gasteiger partial charge in [-0.15, -0.1) is 12.6 Å². The van der Waals surface area contributed by atoms with Gasteiger partial charge in [-0.1, -0.05) is 12.2 Å². The largest absolute Gasteiger partial charge is 0.355 e. The maximum Gasteiger partial charge on any atom is 0.133 e. The molecule has 1 unspecified atom stereocenters. The molecule has 1 atom stereocenters. The number of likely N-dealkylation sites (tertiary alicyclic amines) is 1. The molecule has 0 saturated carbocycles. The van der Waals surface area contributed by atoms with E-state index in [2.05, 4.69) is 17.5 Å². The van der Waals surface area contributed by atoms with Crippen molar-refractivity contribution < 1.29 is 0 Å². The average molecular weight is 218 g/mol. The Bertz CT molecular complexity index is 173. The molecule has 0 bridgehead atoms. The van der Waals surface area contributed by atoms with Gasteiger partial charge in [0.15, 0.2) is 0 Å². The lowest BCUT2D eigenvalue weighted by Crippen LogP contribution is -2.41. The Labute approximate surface area is 91.3 Å². The minimum Gasteiger partial charge on any atom is -0.355 e. The second kappa shape index (κ2) is 5.83. The van der Waals surface area contributed by atoms with E-state index in [0.717, 1.165) is 30.3 Å². The van der Waals surface area contributed by atoms with Crippen molar-refractivity contribution in [1.82, 2.24) is 4.90 Å². The number of hydrogen-bond donors (Lipinski definition) is 2. The van der Waals surface area contributed by atoms with Crippen LogP contribution >= 0.6 is 24.8 Å². The van der Waals surface area contributed by atoms with Crippen molar-refractivity contribution in [3.8, 4) is 0 Å². The molecule has 1 heterocycles. The molecule has 1 aliphatic rings. The van der Waals surface area contributed by atoms with Crippen LogP contribution in [0.15, 0.2) is 0 Å². The molecule has 1 rings (SSSR count). The van der Waals surface area contributed by atoms with E-state index in [1.807, 2.05) is 0 Å². The zero-order valence-electron chi connectivity index (χ0n) is 7.91. The quantitative estimate of drug-likeness (QED) is 0.559. The monoisotopic (exact) mass is 218 g/mol. The van der Waals surface area contributed by atoms with Crippen molar-refractivity contribution in [1.29, 1.82) is 0 Å². The van der Waals surface area contributed by atoms with Gasteiger partial charge in [-0.3, -0.25) is 0 Å². The summed E-state index contributed by atoms with van der Waals surface area (Å²) in [5.41, 5.74) is 5.50. The molecule has 0 aromatic carbocycles. The highest BCUT2D eigenvalue weighted by atomic mass is 32.1. The van der Waals surface area contributed by atoms with Gasteiger partial charge in [-0.2, -0.15) is 0 Å². The average Bonchev–Trinajstić information content (AvgIpc) is 2.15. The molecule has 0 aromatic heterocycles. The van der Waals surface area contributed by atoms with Gasteiger partial charge in [0.05, 0.1) is 0 Å². The third-order valence-electron chi connectivity index (χ3n) is 2.61. The lowest BCUT2D eigenvalue weighted by molar-refractivity contribution is 0.235. The third kappa shape index (κ3) is 3.44. The Morgan fingerprint density at radius 1 is 1.54 bits per heavy atom. The zero-order valence-corrected chi connectivity index (χ0v) is 9.62. The highest BCUT2D eigenvalue weighted by Gasteiger charge is 2.21. The third-order valence-corrected chi connectivity index (χ3v) is 3.11. The molecular formula is C9H18N2S2. The van der Waals surface area contributed by atoms with E-state index in [1.165, 1.54) is 19.3 Å². The highest BCUT2D eigenvalue weighted by Crippen LogP contribution is 2.21. The Balaban J connectivity index is 2.41. The van der Waals surface area contributed by atoms with Crippen molar-refractivity contribution in [3.63, 3.8) is 0 Å². The fourth-order valence-electron chi connectivity index (χ4n) is 1.91. The van der Waals surface area contributed by atoms with Crippen LogP contribution in [0.3, 0.4) is 0 Å². The van der Waals surface area contributed by atoms with Crippen LogP contribution in [-0.2, 0) is 0 Å². The van der Waals surface area contributed by atoms with Crippen LogP contribution in [-0.4, -0.2) is 28.4 Å². The summed E-state index contributed by atoms with van der Waals surface area (Å²) in [6, 6.07) is 0.599. The van der Waals surface area contributed by atoms with E-state index in [0.29, 0.717) is 6.04 Å². The number of rotatable bonds is 3. The molecule has 0 radical (unpaired) electrons. The first-order valence-electron chi connectivity index (χ1n) is 4.95. The van der Waals surface area contributed by atoms with Crippen molar-refractivity contribution in [2.45, 2.75) is 38.1 Å². The number of thiocarbonyl (C=S) groups is 1. The van der Waals surface area contributed by atoms with E-state index in [9.17, 15) is 0 Å². The number of hydrogen-bond acceptors (Lipinski definition) is 2. The molecule has 13 heavy (non-hydrogen) atoms. The minimum atomic E-state index is 0.599. The SMILES string of the molecule is NCCCC1CCCCN1C(=S)S. The summed E-state index contributed by atoms with van der Waals surface area (Å²) in [7, 11) is 0. The van der Waals surface area contributed by atoms with Crippen LogP contribution in [0, 0.1) is 0 Å². The summed E-state index contributed by atoms with van der Waals surface area (Å²) in [5, 5.41) is 0. The van der Waals surface area contributed by atoms with E-state index in [-0.39, 0.29) is 0 Å². The Kier molecular flexibility index (Phi) is 5.06. The van der Waals surface area contributed by atoms with E-state index >= 15 is 0 Å². The lowest BCUT2D eigenvalue weighted by Gasteiger charge is -2.36. The topological polar surface area (TPSA) is 29.3 Å². The van der Waals surface area contributed by atoms with E-state index < -0.39 is 0 Å². The Morgan fingerprint density at radius 3 is 2.92 bits per heavy atom. The van der Waals surface area contributed by atoms with Crippen LogP contribution < -0.4 is 5.73 Å². The second-order valence-electron chi connectivity index (χ2n) is 3.56. The molecule has 0 aliphatic carbocycles. The molecule has 4 heteroatoms. The maximum atomic E-state index is 5.50. The van der Waals surface area contributed by atoms with Gasteiger partial charge in [0.2, 0.25) is 0 Å². The molecule has 0 aromatic rings. The first-order chi connectivity index (χ1) is 6.25. The molecule has 0 spiro atoms. The summed E-state index contributed by atoms with van der Waals surface area (Å²) < 4.78 is 0.752. The van der Waals surface area contributed by atoms with Crippen molar-refractivity contribution in [2.24, 2.45) is 5.73 Å². The minimum absolute atomic E-state index is 0.599. The number of nitrogens with two attached hydrogens (primary N) is 1. The van der Waals surface area contributed by atoms with Gasteiger partial charge >= 0.3 is 0 Å². The summed E-state index contributed by atoms with van der Waals surface area (Å²) in [5.74, 6) is 0. The summed E-state index contributed by atoms with van der Waals surface area (Å²) in [6.45, 7) is 1.86. The second-order valence-corrected chi connectivity index (χ2v) is 4.67. The molecule has 2 nitrogen and oxygen atoms in total. The summed E-state index contributed by atoms with van der Waals surface area (Å²) in [6.07, 6.45) is 6.08. The van der Waals surface area contributed by atoms with E-state index in [1.54, 1.807) is 0 Å². The molecule has 2 N–H and O–H groups in total. The molecule has 0 amide bonds. The first kappa shape index (κ1) is 11.3. The van der Waals surface area contributed by atoms with Gasteiger partial charge in [-0.25, -0.2) is 0 Å². The van der Waals surface area contributed by atoms with Crippen LogP contribution in [0.25, 0.3) is 0 Å². The molecule has 1 fully saturated rings. The predicted molar refractivity (Wildman–Crippen MR) is 64.2 cm³/mol. The Hall–Kier alpha value is 0.200. The van der Waals surface area contributed by atoms with Gasteiger partial charge < -0.3 is 10.6 Å². The lowest BCUT2D eigenvalue weighted by atomic mass is 9.99. The number of thiol groups is 1. The fraction of sp³-hybridized carbons (Fsp3) is 0.889. The highest BCUT2D eigenvalue weighted by molar-refractivity contribution is 8.10. The molecule has 1 saturated heterocycles. The van der Waals surface area contributed by atoms with Crippen molar-refractivity contribution in [3.05, 3.63) is 0 Å². The summed E-state index contributed by atoms with van der Waals surface area (Å²) >= 11 is 9.35. The standard InChI is InChI=1S/C9H18N2S2/c10-6-3-5-8-4-1-2-7-11(8)9(12)13/h8H,1-7,10H2,(H,12,13). The van der Waals surface area contributed by atoms with Gasteiger partial charge in [0.25, 0.3) is 0 Å². The number of nitrogens with zero attached hydrogens (tertiary/aromatic N) is 1. The maximum absolute atomic E-state index is 5.50. The fourth-order valence-corrected chi connectivity index (χ4v) is 2.41. The zero-order chi connectivity index (χ0) is 9.68. The predicted octanol–water partition coefficient (Wildman–Crippen LogP) is 1.79. The molecule has 1 aliphatic heterocycles.